The van der Waals surface area contributed by atoms with Crippen molar-refractivity contribution in [1.82, 2.24) is 0 Å². The Morgan fingerprint density at radius 3 is 2.04 bits per heavy atom. The van der Waals surface area contributed by atoms with E-state index >= 15 is 0 Å². The van der Waals surface area contributed by atoms with Crippen LogP contribution in [0.4, 0.5) is 23.2 Å². The minimum atomic E-state index is -4.88. The quantitative estimate of drug-likeness (QED) is 0.0606. The van der Waals surface area contributed by atoms with Crippen molar-refractivity contribution < 1.29 is 50.2 Å². The summed E-state index contributed by atoms with van der Waals surface area (Å²) in [4.78, 5) is 26.0. The molecule has 0 unspecified atom stereocenters. The Labute approximate surface area is 308 Å². The van der Waals surface area contributed by atoms with Crippen molar-refractivity contribution in [3.05, 3.63) is 159 Å². The minimum Gasteiger partial charge on any atom is -0.493 e. The first kappa shape index (κ1) is 39.2. The molecule has 5 rings (SSSR count). The Bertz CT molecular complexity index is 2050. The first-order valence-corrected chi connectivity index (χ1v) is 18.2. The Morgan fingerprint density at radius 1 is 0.792 bits per heavy atom. The number of anilines is 1. The summed E-state index contributed by atoms with van der Waals surface area (Å²) in [6.45, 7) is 1.34. The second kappa shape index (κ2) is 17.7. The first-order chi connectivity index (χ1) is 25.3. The van der Waals surface area contributed by atoms with E-state index in [0.717, 1.165) is 17.2 Å². The summed E-state index contributed by atoms with van der Waals surface area (Å²) in [6, 6.07) is 28.7. The molecule has 276 valence electrons. The molecule has 0 saturated heterocycles. The maximum atomic E-state index is 14.0. The smallest absolute Gasteiger partial charge is 0.416 e. The molecule has 8 nitrogen and oxygen atoms in total. The van der Waals surface area contributed by atoms with Gasteiger partial charge in [0.05, 0.1) is 37.1 Å². The van der Waals surface area contributed by atoms with Crippen molar-refractivity contribution in [2.45, 2.75) is 26.3 Å². The van der Waals surface area contributed by atoms with E-state index in [4.69, 9.17) is 30.1 Å². The van der Waals surface area contributed by atoms with Gasteiger partial charge in [-0.05, 0) is 78.2 Å². The zero-order valence-electron chi connectivity index (χ0n) is 28.2. The average molecular weight is 770 g/mol. The van der Waals surface area contributed by atoms with Crippen LogP contribution in [0.25, 0.3) is 0 Å². The van der Waals surface area contributed by atoms with Gasteiger partial charge in [0.1, 0.15) is 17.3 Å². The molecule has 0 aliphatic carbocycles. The number of ether oxygens (including phenoxy) is 2. The molecule has 0 aromatic heterocycles. The van der Waals surface area contributed by atoms with Gasteiger partial charge >= 0.3 is 13.8 Å². The number of amides is 1. The molecule has 0 radical (unpaired) electrons. The normalized spacial score (nSPS) is 11.6. The molecule has 1 N–H and O–H groups in total. The molecule has 1 amide bonds. The van der Waals surface area contributed by atoms with Crippen LogP contribution in [0.2, 0.25) is 5.02 Å². The zero-order chi connectivity index (χ0) is 38.0. The second-order valence-corrected chi connectivity index (χ2v) is 14.3. The molecule has 0 atom stereocenters. The lowest BCUT2D eigenvalue weighted by atomic mass is 10.00. The summed E-state index contributed by atoms with van der Waals surface area (Å²) in [7, 11) is -3.59. The summed E-state index contributed by atoms with van der Waals surface area (Å²) in [5, 5.41) is 2.75. The first-order valence-electron chi connectivity index (χ1n) is 16.1. The van der Waals surface area contributed by atoms with Gasteiger partial charge in [-0.2, -0.15) is 13.2 Å². The summed E-state index contributed by atoms with van der Waals surface area (Å²) in [5.74, 6) is -2.57. The Kier molecular flexibility index (Phi) is 13.1. The highest BCUT2D eigenvalue weighted by molar-refractivity contribution is 7.53. The number of rotatable bonds is 16. The van der Waals surface area contributed by atoms with E-state index < -0.39 is 49.0 Å². The number of hydrogen-bond donors (Lipinski definition) is 1. The molecule has 0 fully saturated rings. The number of hydrogen-bond acceptors (Lipinski definition) is 7. The maximum Gasteiger partial charge on any atom is 0.416 e. The van der Waals surface area contributed by atoms with Crippen LogP contribution in [-0.2, 0) is 37.8 Å². The molecule has 53 heavy (non-hydrogen) atoms. The fourth-order valence-corrected chi connectivity index (χ4v) is 6.49. The third kappa shape index (κ3) is 11.5. The number of nitrogens with one attached hydrogen (secondary N) is 1. The van der Waals surface area contributed by atoms with E-state index in [-0.39, 0.29) is 48.4 Å². The molecule has 0 heterocycles. The Morgan fingerprint density at radius 2 is 1.43 bits per heavy atom. The fraction of sp³-hybridized carbons (Fsp3) is 0.179. The van der Waals surface area contributed by atoms with E-state index in [1.54, 1.807) is 25.1 Å². The Balaban J connectivity index is 1.18. The van der Waals surface area contributed by atoms with Gasteiger partial charge in [-0.1, -0.05) is 72.3 Å². The van der Waals surface area contributed by atoms with Crippen LogP contribution in [0.3, 0.4) is 0 Å². The predicted octanol–water partition coefficient (Wildman–Crippen LogP) is 10.1. The van der Waals surface area contributed by atoms with E-state index in [2.05, 4.69) is 5.32 Å². The van der Waals surface area contributed by atoms with Crippen molar-refractivity contribution in [2.75, 3.05) is 24.7 Å². The number of carbonyl (C=O) groups excluding carboxylic acids is 2. The summed E-state index contributed by atoms with van der Waals surface area (Å²) in [6.07, 6.45) is -4.91. The molecule has 5 aromatic rings. The fourth-order valence-electron chi connectivity index (χ4n) is 4.98. The third-order valence-electron chi connectivity index (χ3n) is 7.68. The number of alkyl halides is 3. The summed E-state index contributed by atoms with van der Waals surface area (Å²) < 4.78 is 90.5. The Hall–Kier alpha value is -5.00. The molecule has 0 aliphatic rings. The summed E-state index contributed by atoms with van der Waals surface area (Å²) in [5.41, 5.74) is 0.539. The van der Waals surface area contributed by atoms with Crippen LogP contribution >= 0.6 is 19.2 Å². The standard InChI is InChI=1S/C39H33ClF4NO7P/c1-26-18-33(49-16-17-53(48,51-23-27-8-4-2-5-9-27)52-24-28-10-6-3-7-11-28)13-14-35(26)45-37(46)25-50-36-15-12-31(40)22-34(36)38(47)29-19-30(39(42,43)44)21-32(41)20-29/h2-15,18-22H,16-17,23-25H2,1H3,(H,45,46). The lowest BCUT2D eigenvalue weighted by Gasteiger charge is -2.19. The van der Waals surface area contributed by atoms with Gasteiger partial charge in [-0.15, -0.1) is 0 Å². The lowest BCUT2D eigenvalue weighted by molar-refractivity contribution is -0.137. The number of ketones is 1. The molecule has 0 saturated carbocycles. The number of carbonyl (C=O) groups is 2. The average Bonchev–Trinajstić information content (AvgIpc) is 3.14. The van der Waals surface area contributed by atoms with Crippen LogP contribution in [0.1, 0.15) is 38.2 Å². The van der Waals surface area contributed by atoms with Crippen LogP contribution in [-0.4, -0.2) is 31.1 Å². The van der Waals surface area contributed by atoms with Gasteiger partial charge in [0.25, 0.3) is 5.91 Å². The van der Waals surface area contributed by atoms with E-state index in [0.29, 0.717) is 29.1 Å². The van der Waals surface area contributed by atoms with Gasteiger partial charge in [0, 0.05) is 16.3 Å². The van der Waals surface area contributed by atoms with E-state index in [1.807, 2.05) is 60.7 Å². The van der Waals surface area contributed by atoms with Crippen LogP contribution in [0.5, 0.6) is 11.5 Å². The van der Waals surface area contributed by atoms with Crippen LogP contribution < -0.4 is 14.8 Å². The van der Waals surface area contributed by atoms with Crippen molar-refractivity contribution in [1.29, 1.82) is 0 Å². The van der Waals surface area contributed by atoms with Gasteiger partial charge < -0.3 is 23.8 Å². The molecular formula is C39H33ClF4NO7P. The van der Waals surface area contributed by atoms with Crippen molar-refractivity contribution in [3.63, 3.8) is 0 Å². The topological polar surface area (TPSA) is 100 Å². The second-order valence-electron chi connectivity index (χ2n) is 11.7. The van der Waals surface area contributed by atoms with Gasteiger partial charge in [-0.25, -0.2) is 4.39 Å². The lowest BCUT2D eigenvalue weighted by Crippen LogP contribution is -2.21. The van der Waals surface area contributed by atoms with E-state index in [1.165, 1.54) is 12.1 Å². The monoisotopic (exact) mass is 769 g/mol. The van der Waals surface area contributed by atoms with Crippen LogP contribution in [0.15, 0.2) is 115 Å². The molecule has 0 bridgehead atoms. The number of aryl methyl sites for hydroxylation is 1. The van der Waals surface area contributed by atoms with E-state index in [9.17, 15) is 31.7 Å². The van der Waals surface area contributed by atoms with Crippen molar-refractivity contribution in [3.8, 4) is 11.5 Å². The van der Waals surface area contributed by atoms with Crippen molar-refractivity contribution >= 4 is 36.6 Å². The summed E-state index contributed by atoms with van der Waals surface area (Å²) >= 11 is 6.03. The highest BCUT2D eigenvalue weighted by atomic mass is 35.5. The van der Waals surface area contributed by atoms with Gasteiger partial charge in [-0.3, -0.25) is 14.2 Å². The number of benzene rings is 5. The molecule has 0 spiro atoms. The zero-order valence-corrected chi connectivity index (χ0v) is 29.9. The number of halogens is 5. The molecule has 0 aliphatic heterocycles. The predicted molar refractivity (Wildman–Crippen MR) is 192 cm³/mol. The SMILES string of the molecule is Cc1cc(OCCP(=O)(OCc2ccccc2)OCc2ccccc2)ccc1NC(=O)COc1ccc(Cl)cc1C(=O)c1cc(F)cc(C(F)(F)F)c1. The van der Waals surface area contributed by atoms with Gasteiger partial charge in [0.2, 0.25) is 0 Å². The van der Waals surface area contributed by atoms with Crippen LogP contribution in [0, 0.1) is 12.7 Å². The maximum absolute atomic E-state index is 14.0. The third-order valence-corrected chi connectivity index (χ3v) is 9.69. The molecule has 14 heteroatoms. The highest BCUT2D eigenvalue weighted by Gasteiger charge is 2.32. The van der Waals surface area contributed by atoms with Gasteiger partial charge in [0.15, 0.2) is 12.4 Å². The largest absolute Gasteiger partial charge is 0.493 e. The molecular weight excluding hydrogens is 737 g/mol. The van der Waals surface area contributed by atoms with Crippen molar-refractivity contribution in [2.24, 2.45) is 0 Å². The highest BCUT2D eigenvalue weighted by Crippen LogP contribution is 2.49. The molecule has 5 aromatic carbocycles. The minimum absolute atomic E-state index is 0.00906.